The monoisotopic (exact) mass is 439 g/mol. The minimum Gasteiger partial charge on any atom is -0.619 e. The lowest BCUT2D eigenvalue weighted by Crippen LogP contribution is -2.37. The highest BCUT2D eigenvalue weighted by molar-refractivity contribution is 5.99. The van der Waals surface area contributed by atoms with Gasteiger partial charge in [-0.3, -0.25) is 4.79 Å². The molecule has 0 spiro atoms. The van der Waals surface area contributed by atoms with Gasteiger partial charge in [-0.15, -0.1) is 0 Å². The number of carbonyl (C=O) groups is 2. The quantitative estimate of drug-likeness (QED) is 0.437. The number of amides is 1. The van der Waals surface area contributed by atoms with Crippen molar-refractivity contribution in [1.82, 2.24) is 0 Å². The number of hydrogen-bond donors (Lipinski definition) is 1. The van der Waals surface area contributed by atoms with Crippen molar-refractivity contribution in [2.45, 2.75) is 19.2 Å². The smallest absolute Gasteiger partial charge is 0.416 e. The molecule has 2 aromatic rings. The first-order valence-electron chi connectivity index (χ1n) is 9.40. The summed E-state index contributed by atoms with van der Waals surface area (Å²) in [7, 11) is 0. The molecular weight excluding hydrogens is 419 g/mol. The fourth-order valence-corrected chi connectivity index (χ4v) is 2.96. The standard InChI is InChI=1S/C20H20F3N3O5/c1-13(31-19(28)14-4-6-26(29)7-5-14)18(27)24-16-12-15(20(21,22)23)2-3-17(16)25-8-10-30-11-9-25/h2-7,12-13H,8-11H2,1H3,(H,24,27)/t13-/m0/s1. The van der Waals surface area contributed by atoms with Gasteiger partial charge in [0.25, 0.3) is 5.91 Å². The Labute approximate surface area is 175 Å². The molecule has 1 aromatic heterocycles. The van der Waals surface area contributed by atoms with Crippen LogP contribution in [0.3, 0.4) is 0 Å². The Morgan fingerprint density at radius 1 is 1.19 bits per heavy atom. The summed E-state index contributed by atoms with van der Waals surface area (Å²) in [5.41, 5.74) is -0.498. The van der Waals surface area contributed by atoms with Gasteiger partial charge in [0.15, 0.2) is 18.5 Å². The molecule has 0 radical (unpaired) electrons. The summed E-state index contributed by atoms with van der Waals surface area (Å²) < 4.78 is 50.4. The van der Waals surface area contributed by atoms with Crippen LogP contribution in [-0.2, 0) is 20.4 Å². The number of aromatic nitrogens is 1. The third-order valence-corrected chi connectivity index (χ3v) is 4.62. The SMILES string of the molecule is C[C@H](OC(=O)c1cc[n+]([O-])cc1)C(=O)Nc1cc(C(F)(F)F)ccc1N1CCOCC1. The second-order valence-corrected chi connectivity index (χ2v) is 6.81. The Morgan fingerprint density at radius 3 is 2.45 bits per heavy atom. The number of nitrogens with zero attached hydrogens (tertiary/aromatic N) is 2. The molecule has 2 heterocycles. The lowest BCUT2D eigenvalue weighted by atomic mass is 10.1. The maximum atomic E-state index is 13.2. The average Bonchev–Trinajstić information content (AvgIpc) is 2.74. The minimum absolute atomic E-state index is 0.0447. The molecule has 1 amide bonds. The Hall–Kier alpha value is -3.34. The van der Waals surface area contributed by atoms with Crippen LogP contribution in [0.4, 0.5) is 24.5 Å². The van der Waals surface area contributed by atoms with Crippen LogP contribution < -0.4 is 14.9 Å². The number of hydrogen-bond acceptors (Lipinski definition) is 6. The van der Waals surface area contributed by atoms with Gasteiger partial charge in [0.05, 0.1) is 35.7 Å². The zero-order valence-electron chi connectivity index (χ0n) is 16.5. The van der Waals surface area contributed by atoms with Gasteiger partial charge in [0.2, 0.25) is 0 Å². The van der Waals surface area contributed by atoms with Crippen LogP contribution >= 0.6 is 0 Å². The molecular formula is C20H20F3N3O5. The van der Waals surface area contributed by atoms with E-state index in [4.69, 9.17) is 9.47 Å². The summed E-state index contributed by atoms with van der Waals surface area (Å²) in [5, 5.41) is 13.5. The molecule has 0 saturated carbocycles. The molecule has 1 N–H and O–H groups in total. The summed E-state index contributed by atoms with van der Waals surface area (Å²) in [6, 6.07) is 5.54. The third-order valence-electron chi connectivity index (χ3n) is 4.62. The molecule has 0 aliphatic carbocycles. The maximum Gasteiger partial charge on any atom is 0.416 e. The number of nitrogens with one attached hydrogen (secondary N) is 1. The second-order valence-electron chi connectivity index (χ2n) is 6.81. The zero-order chi connectivity index (χ0) is 22.6. The number of alkyl halides is 3. The molecule has 166 valence electrons. The first-order valence-corrected chi connectivity index (χ1v) is 9.40. The van der Waals surface area contributed by atoms with Crippen molar-refractivity contribution >= 4 is 23.3 Å². The van der Waals surface area contributed by atoms with Gasteiger partial charge < -0.3 is 24.9 Å². The molecule has 1 aromatic carbocycles. The fraction of sp³-hybridized carbons (Fsp3) is 0.350. The highest BCUT2D eigenvalue weighted by atomic mass is 19.4. The maximum absolute atomic E-state index is 13.2. The van der Waals surface area contributed by atoms with E-state index in [-0.39, 0.29) is 11.3 Å². The lowest BCUT2D eigenvalue weighted by Gasteiger charge is -2.31. The number of halogens is 3. The molecule has 31 heavy (non-hydrogen) atoms. The fourth-order valence-electron chi connectivity index (χ4n) is 2.96. The summed E-state index contributed by atoms with van der Waals surface area (Å²) in [4.78, 5) is 26.5. The van der Waals surface area contributed by atoms with Gasteiger partial charge in [0, 0.05) is 25.2 Å². The first kappa shape index (κ1) is 22.3. The van der Waals surface area contributed by atoms with Crippen molar-refractivity contribution in [3.8, 4) is 0 Å². The lowest BCUT2D eigenvalue weighted by molar-refractivity contribution is -0.605. The average molecular weight is 439 g/mol. The number of rotatable bonds is 5. The molecule has 1 aliphatic heterocycles. The Balaban J connectivity index is 1.77. The second kappa shape index (κ2) is 9.21. The largest absolute Gasteiger partial charge is 0.619 e. The summed E-state index contributed by atoms with van der Waals surface area (Å²) in [5.74, 6) is -1.64. The van der Waals surface area contributed by atoms with Crippen LogP contribution in [0.1, 0.15) is 22.8 Å². The van der Waals surface area contributed by atoms with Crippen molar-refractivity contribution in [3.05, 3.63) is 59.1 Å². The van der Waals surface area contributed by atoms with Gasteiger partial charge >= 0.3 is 12.1 Å². The number of ether oxygens (including phenoxy) is 2. The number of esters is 1. The van der Waals surface area contributed by atoms with E-state index in [1.807, 2.05) is 0 Å². The van der Waals surface area contributed by atoms with Crippen molar-refractivity contribution < 1.29 is 37.0 Å². The van der Waals surface area contributed by atoms with Crippen LogP contribution in [0.25, 0.3) is 0 Å². The Kier molecular flexibility index (Phi) is 6.64. The Bertz CT molecular complexity index is 944. The number of anilines is 2. The van der Waals surface area contributed by atoms with Gasteiger partial charge in [-0.05, 0) is 25.1 Å². The molecule has 0 unspecified atom stereocenters. The normalized spacial score (nSPS) is 15.3. The van der Waals surface area contributed by atoms with Crippen molar-refractivity contribution in [2.24, 2.45) is 0 Å². The summed E-state index contributed by atoms with van der Waals surface area (Å²) in [6.07, 6.45) is -3.69. The van der Waals surface area contributed by atoms with E-state index < -0.39 is 29.7 Å². The van der Waals surface area contributed by atoms with E-state index >= 15 is 0 Å². The van der Waals surface area contributed by atoms with E-state index in [2.05, 4.69) is 5.32 Å². The highest BCUT2D eigenvalue weighted by Crippen LogP contribution is 2.35. The summed E-state index contributed by atoms with van der Waals surface area (Å²) in [6.45, 7) is 3.01. The predicted molar refractivity (Wildman–Crippen MR) is 103 cm³/mol. The van der Waals surface area contributed by atoms with Gasteiger partial charge in [-0.25, -0.2) is 4.79 Å². The predicted octanol–water partition coefficient (Wildman–Crippen LogP) is 2.36. The van der Waals surface area contributed by atoms with Crippen LogP contribution in [0, 0.1) is 5.21 Å². The van der Waals surface area contributed by atoms with E-state index in [0.717, 1.165) is 24.5 Å². The van der Waals surface area contributed by atoms with Gasteiger partial charge in [-0.1, -0.05) is 0 Å². The van der Waals surface area contributed by atoms with E-state index in [1.54, 1.807) is 4.90 Å². The van der Waals surface area contributed by atoms with E-state index in [0.29, 0.717) is 36.7 Å². The van der Waals surface area contributed by atoms with Crippen molar-refractivity contribution in [2.75, 3.05) is 36.5 Å². The molecule has 1 atom stereocenters. The van der Waals surface area contributed by atoms with Gasteiger partial charge in [-0.2, -0.15) is 17.9 Å². The van der Waals surface area contributed by atoms with Crippen molar-refractivity contribution in [3.63, 3.8) is 0 Å². The van der Waals surface area contributed by atoms with E-state index in [1.165, 1.54) is 25.1 Å². The van der Waals surface area contributed by atoms with Crippen LogP contribution in [0.15, 0.2) is 42.7 Å². The number of morpholine rings is 1. The highest BCUT2D eigenvalue weighted by Gasteiger charge is 2.32. The number of carbonyl (C=O) groups excluding carboxylic acids is 2. The van der Waals surface area contributed by atoms with Gasteiger partial charge in [0.1, 0.15) is 0 Å². The molecule has 3 rings (SSSR count). The number of pyridine rings is 1. The number of benzene rings is 1. The van der Waals surface area contributed by atoms with Crippen LogP contribution in [-0.4, -0.2) is 44.3 Å². The van der Waals surface area contributed by atoms with Crippen molar-refractivity contribution in [1.29, 1.82) is 0 Å². The topological polar surface area (TPSA) is 94.8 Å². The molecule has 1 fully saturated rings. The van der Waals surface area contributed by atoms with Crippen LogP contribution in [0.5, 0.6) is 0 Å². The summed E-state index contributed by atoms with van der Waals surface area (Å²) >= 11 is 0. The third kappa shape index (κ3) is 5.63. The molecule has 8 nitrogen and oxygen atoms in total. The zero-order valence-corrected chi connectivity index (χ0v) is 16.5. The molecule has 0 bridgehead atoms. The first-order chi connectivity index (χ1) is 14.6. The Morgan fingerprint density at radius 2 is 1.84 bits per heavy atom. The molecule has 1 aliphatic rings. The van der Waals surface area contributed by atoms with E-state index in [9.17, 15) is 28.0 Å². The molecule has 1 saturated heterocycles. The van der Waals surface area contributed by atoms with Crippen LogP contribution in [0.2, 0.25) is 0 Å². The minimum atomic E-state index is -4.59. The molecule has 11 heteroatoms.